The number of fused-ring (bicyclic) bond motifs is 3. The van der Waals surface area contributed by atoms with Crippen LogP contribution in [0.4, 0.5) is 11.4 Å². The zero-order valence-electron chi connectivity index (χ0n) is 21.3. The molecule has 0 unspecified atom stereocenters. The molecule has 1 fully saturated rings. The summed E-state index contributed by atoms with van der Waals surface area (Å²) in [7, 11) is 0. The Bertz CT molecular complexity index is 1410. The number of aliphatic imine (C=N–C) groups is 2. The first-order valence-electron chi connectivity index (χ1n) is 12.9. The monoisotopic (exact) mass is 523 g/mol. The molecule has 0 spiro atoms. The number of amidine groups is 2. The van der Waals surface area contributed by atoms with Gasteiger partial charge in [-0.2, -0.15) is 0 Å². The third-order valence-corrected chi connectivity index (χ3v) is 8.17. The number of benzene rings is 3. The Morgan fingerprint density at radius 2 is 1.63 bits per heavy atom. The first-order valence-corrected chi connectivity index (χ1v) is 13.9. The molecular weight excluding hydrogens is 494 g/mol. The first-order chi connectivity index (χ1) is 18.6. The second-order valence-corrected chi connectivity index (χ2v) is 10.7. The lowest BCUT2D eigenvalue weighted by atomic mass is 10.1. The van der Waals surface area contributed by atoms with Gasteiger partial charge in [0.2, 0.25) is 5.91 Å². The van der Waals surface area contributed by atoms with Gasteiger partial charge in [-0.25, -0.2) is 9.89 Å². The zero-order valence-corrected chi connectivity index (χ0v) is 22.1. The number of thioether (sulfide) groups is 1. The van der Waals surface area contributed by atoms with E-state index in [9.17, 15) is 9.59 Å². The van der Waals surface area contributed by atoms with Crippen molar-refractivity contribution in [3.63, 3.8) is 0 Å². The van der Waals surface area contributed by atoms with E-state index in [0.29, 0.717) is 29.8 Å². The smallest absolute Gasteiger partial charge is 0.259 e. The van der Waals surface area contributed by atoms with Crippen LogP contribution in [0.15, 0.2) is 88.8 Å². The molecule has 0 aromatic heterocycles. The lowest BCUT2D eigenvalue weighted by molar-refractivity contribution is -0.135. The van der Waals surface area contributed by atoms with Gasteiger partial charge in [0.15, 0.2) is 5.17 Å². The minimum Gasteiger partial charge on any atom is -0.368 e. The number of anilines is 1. The van der Waals surface area contributed by atoms with Gasteiger partial charge in [0.25, 0.3) is 5.91 Å². The molecular formula is C30H29N5O2S. The molecule has 0 bridgehead atoms. The topological polar surface area (TPSA) is 68.6 Å². The second-order valence-electron chi connectivity index (χ2n) is 9.74. The number of nitrogens with zero attached hydrogens (tertiary/aromatic N) is 5. The molecule has 8 heteroatoms. The Kier molecular flexibility index (Phi) is 6.72. The highest BCUT2D eigenvalue weighted by molar-refractivity contribution is 8.13. The molecule has 3 aliphatic rings. The molecule has 7 nitrogen and oxygen atoms in total. The van der Waals surface area contributed by atoms with Gasteiger partial charge in [-0.05, 0) is 36.8 Å². The molecule has 3 aromatic rings. The lowest BCUT2D eigenvalue weighted by Crippen LogP contribution is -2.49. The highest BCUT2D eigenvalue weighted by Crippen LogP contribution is 2.35. The summed E-state index contributed by atoms with van der Waals surface area (Å²) in [5.74, 6) is 1.08. The Hall–Kier alpha value is -3.91. The highest BCUT2D eigenvalue weighted by atomic mass is 32.2. The van der Waals surface area contributed by atoms with E-state index in [2.05, 4.69) is 48.2 Å². The van der Waals surface area contributed by atoms with E-state index >= 15 is 0 Å². The first kappa shape index (κ1) is 24.4. The number of hydrogen-bond donors (Lipinski definition) is 0. The number of rotatable bonds is 5. The number of para-hydroxylation sites is 2. The molecule has 3 aliphatic heterocycles. The maximum atomic E-state index is 13.6. The molecule has 0 aliphatic carbocycles. The molecule has 6 rings (SSSR count). The van der Waals surface area contributed by atoms with Crippen molar-refractivity contribution in [3.8, 4) is 0 Å². The molecule has 38 heavy (non-hydrogen) atoms. The van der Waals surface area contributed by atoms with E-state index in [-0.39, 0.29) is 18.2 Å². The third-order valence-electron chi connectivity index (χ3n) is 7.16. The predicted octanol–water partition coefficient (Wildman–Crippen LogP) is 4.63. The summed E-state index contributed by atoms with van der Waals surface area (Å²) in [6.07, 6.45) is 0.0717. The Morgan fingerprint density at radius 1 is 0.921 bits per heavy atom. The van der Waals surface area contributed by atoms with Gasteiger partial charge in [-0.1, -0.05) is 71.9 Å². The normalized spacial score (nSPS) is 18.6. The summed E-state index contributed by atoms with van der Waals surface area (Å²) >= 11 is 1.52. The fraction of sp³-hybridized carbons (Fsp3) is 0.267. The summed E-state index contributed by atoms with van der Waals surface area (Å²) in [6.45, 7) is 4.88. The largest absolute Gasteiger partial charge is 0.368 e. The van der Waals surface area contributed by atoms with E-state index in [1.54, 1.807) is 4.90 Å². The molecule has 0 N–H and O–H groups in total. The van der Waals surface area contributed by atoms with Crippen molar-refractivity contribution in [2.45, 2.75) is 25.1 Å². The number of hydrogen-bond acceptors (Lipinski definition) is 6. The lowest BCUT2D eigenvalue weighted by Gasteiger charge is -2.36. The summed E-state index contributed by atoms with van der Waals surface area (Å²) in [4.78, 5) is 42.2. The van der Waals surface area contributed by atoms with Gasteiger partial charge in [0, 0.05) is 43.2 Å². The Balaban J connectivity index is 1.16. The van der Waals surface area contributed by atoms with Crippen molar-refractivity contribution in [2.75, 3.05) is 31.1 Å². The summed E-state index contributed by atoms with van der Waals surface area (Å²) in [5.41, 5.74) is 5.16. The molecule has 1 saturated heterocycles. The van der Waals surface area contributed by atoms with E-state index in [4.69, 9.17) is 9.98 Å². The van der Waals surface area contributed by atoms with Crippen LogP contribution >= 0.6 is 11.8 Å². The molecule has 3 heterocycles. The van der Waals surface area contributed by atoms with Crippen LogP contribution in [0.5, 0.6) is 0 Å². The number of carbonyl (C=O) groups is 2. The van der Waals surface area contributed by atoms with Crippen LogP contribution in [0.3, 0.4) is 0 Å². The van der Waals surface area contributed by atoms with E-state index < -0.39 is 6.04 Å². The maximum Gasteiger partial charge on any atom is 0.259 e. The minimum atomic E-state index is -0.735. The molecule has 3 aromatic carbocycles. The van der Waals surface area contributed by atoms with Crippen molar-refractivity contribution < 1.29 is 9.59 Å². The molecule has 0 radical (unpaired) electrons. The number of carbonyl (C=O) groups excluding carboxylic acids is 2. The Labute approximate surface area is 226 Å². The van der Waals surface area contributed by atoms with Gasteiger partial charge >= 0.3 is 0 Å². The van der Waals surface area contributed by atoms with Crippen molar-refractivity contribution in [1.29, 1.82) is 0 Å². The van der Waals surface area contributed by atoms with Crippen LogP contribution in [-0.2, 0) is 15.3 Å². The van der Waals surface area contributed by atoms with Crippen LogP contribution < -0.4 is 4.90 Å². The average Bonchev–Trinajstić information content (AvgIpc) is 3.29. The van der Waals surface area contributed by atoms with E-state index in [1.807, 2.05) is 47.4 Å². The van der Waals surface area contributed by atoms with Crippen LogP contribution in [-0.4, -0.2) is 64.8 Å². The van der Waals surface area contributed by atoms with Crippen LogP contribution in [0.25, 0.3) is 0 Å². The van der Waals surface area contributed by atoms with Gasteiger partial charge < -0.3 is 9.80 Å². The van der Waals surface area contributed by atoms with Crippen LogP contribution in [0, 0.1) is 6.92 Å². The van der Waals surface area contributed by atoms with Crippen LogP contribution in [0.2, 0.25) is 0 Å². The fourth-order valence-corrected chi connectivity index (χ4v) is 5.97. The molecule has 1 atom stereocenters. The van der Waals surface area contributed by atoms with Crippen molar-refractivity contribution in [2.24, 2.45) is 9.98 Å². The average molecular weight is 524 g/mol. The highest BCUT2D eigenvalue weighted by Gasteiger charge is 2.42. The minimum absolute atomic E-state index is 0.0284. The third kappa shape index (κ3) is 4.84. The van der Waals surface area contributed by atoms with E-state index in [1.165, 1.54) is 23.0 Å². The van der Waals surface area contributed by atoms with Gasteiger partial charge in [-0.15, -0.1) is 0 Å². The quantitative estimate of drug-likeness (QED) is 0.489. The summed E-state index contributed by atoms with van der Waals surface area (Å²) in [5, 5.41) is 0.611. The maximum absolute atomic E-state index is 13.6. The van der Waals surface area contributed by atoms with Gasteiger partial charge in [0.05, 0.1) is 12.1 Å². The van der Waals surface area contributed by atoms with Crippen LogP contribution in [0.1, 0.15) is 23.1 Å². The van der Waals surface area contributed by atoms with Crippen molar-refractivity contribution in [1.82, 2.24) is 9.80 Å². The molecule has 2 amide bonds. The number of aryl methyl sites for hydroxylation is 1. The number of amides is 2. The number of piperazine rings is 1. The zero-order chi connectivity index (χ0) is 26.1. The predicted molar refractivity (Wildman–Crippen MR) is 153 cm³/mol. The van der Waals surface area contributed by atoms with Gasteiger partial charge in [-0.3, -0.25) is 14.6 Å². The molecule has 192 valence electrons. The summed E-state index contributed by atoms with van der Waals surface area (Å²) < 4.78 is 0. The second kappa shape index (κ2) is 10.5. The Morgan fingerprint density at radius 3 is 2.39 bits per heavy atom. The fourth-order valence-electron chi connectivity index (χ4n) is 5.01. The van der Waals surface area contributed by atoms with E-state index in [0.717, 1.165) is 29.9 Å². The standard InChI is InChI=1S/C30H29N5O2S/c1-21-11-13-22(14-12-21)20-38-30-32-25-10-6-5-9-24(25)28-31-26(29(37)35(28)30)19-27(36)34-17-15-33(16-18-34)23-7-3-2-4-8-23/h2-14,26H,15-20H2,1H3/t26-/m1/s1. The SMILES string of the molecule is Cc1ccc(CSC2=Nc3ccccc3C3=N[C@H](CC(=O)N4CCN(c5ccccc5)CC4)C(=O)N23)cc1. The van der Waals surface area contributed by atoms with Gasteiger partial charge in [0.1, 0.15) is 11.9 Å². The van der Waals surface area contributed by atoms with Crippen molar-refractivity contribution >= 4 is 46.0 Å². The molecule has 0 saturated carbocycles. The van der Waals surface area contributed by atoms with Crippen molar-refractivity contribution in [3.05, 3.63) is 95.6 Å². The summed E-state index contributed by atoms with van der Waals surface area (Å²) in [6, 6.07) is 25.6.